The van der Waals surface area contributed by atoms with E-state index in [1.807, 2.05) is 35.0 Å². The maximum atomic E-state index is 11.8. The van der Waals surface area contributed by atoms with Crippen molar-refractivity contribution < 1.29 is 13.2 Å². The van der Waals surface area contributed by atoms with Crippen LogP contribution in [-0.2, 0) is 22.3 Å². The lowest BCUT2D eigenvalue weighted by Crippen LogP contribution is -2.11. The lowest BCUT2D eigenvalue weighted by atomic mass is 10.3. The molecule has 2 N–H and O–H groups in total. The number of thioether (sulfide) groups is 1. The number of methoxy groups -OCH3 is 1. The molecule has 0 amide bonds. The average Bonchev–Trinajstić information content (AvgIpc) is 3.39. The Morgan fingerprint density at radius 3 is 2.62 bits per heavy atom. The first kappa shape index (κ1) is 22.4. The van der Waals surface area contributed by atoms with Crippen LogP contribution in [0.4, 0.5) is 0 Å². The molecule has 0 aliphatic rings. The number of rotatable bonds is 9. The van der Waals surface area contributed by atoms with Crippen molar-refractivity contribution in [3.8, 4) is 11.4 Å². The smallest absolute Gasteiger partial charge is 0.238 e. The summed E-state index contributed by atoms with van der Waals surface area (Å²) in [4.78, 5) is 9.31. The molecular weight excluding hydrogens is 446 g/mol. The van der Waals surface area contributed by atoms with E-state index in [-0.39, 0.29) is 4.90 Å². The van der Waals surface area contributed by atoms with Crippen LogP contribution in [0.2, 0.25) is 0 Å². The van der Waals surface area contributed by atoms with E-state index in [1.54, 1.807) is 37.2 Å². The standard InChI is InChI=1S/C22H25N5O3S2/c1-3-4-12-27-20-10-9-18(32(23,28)29)14-19(20)25-21(27)15-31-22-24-11-13-26(22)16-5-7-17(30-2)8-6-16/h5-11,13-14H,3-4,12,15H2,1-2H3,(H2,23,28,29). The van der Waals surface area contributed by atoms with E-state index in [4.69, 9.17) is 14.9 Å². The first-order chi connectivity index (χ1) is 15.4. The minimum atomic E-state index is -3.78. The number of primary sulfonamides is 1. The number of ether oxygens (including phenoxy) is 1. The van der Waals surface area contributed by atoms with E-state index >= 15 is 0 Å². The van der Waals surface area contributed by atoms with Crippen LogP contribution in [-0.4, -0.2) is 34.6 Å². The predicted molar refractivity (Wildman–Crippen MR) is 126 cm³/mol. The molecule has 2 heterocycles. The number of nitrogens with zero attached hydrogens (tertiary/aromatic N) is 4. The van der Waals surface area contributed by atoms with Gasteiger partial charge in [-0.05, 0) is 48.9 Å². The molecule has 2 aromatic carbocycles. The maximum Gasteiger partial charge on any atom is 0.238 e. The Morgan fingerprint density at radius 2 is 1.94 bits per heavy atom. The molecule has 32 heavy (non-hydrogen) atoms. The van der Waals surface area contributed by atoms with Crippen LogP contribution in [0.3, 0.4) is 0 Å². The topological polar surface area (TPSA) is 105 Å². The van der Waals surface area contributed by atoms with Gasteiger partial charge in [0.2, 0.25) is 10.0 Å². The zero-order valence-electron chi connectivity index (χ0n) is 17.9. The molecule has 0 saturated carbocycles. The second-order valence-electron chi connectivity index (χ2n) is 7.30. The second-order valence-corrected chi connectivity index (χ2v) is 9.80. The monoisotopic (exact) mass is 471 g/mol. The number of hydrogen-bond donors (Lipinski definition) is 1. The first-order valence-electron chi connectivity index (χ1n) is 10.2. The van der Waals surface area contributed by atoms with E-state index < -0.39 is 10.0 Å². The molecule has 0 fully saturated rings. The van der Waals surface area contributed by atoms with Crippen LogP contribution >= 0.6 is 11.8 Å². The molecule has 8 nitrogen and oxygen atoms in total. The highest BCUT2D eigenvalue weighted by Gasteiger charge is 2.16. The van der Waals surface area contributed by atoms with Crippen molar-refractivity contribution in [1.82, 2.24) is 19.1 Å². The van der Waals surface area contributed by atoms with Gasteiger partial charge >= 0.3 is 0 Å². The van der Waals surface area contributed by atoms with Crippen LogP contribution in [0, 0.1) is 0 Å². The summed E-state index contributed by atoms with van der Waals surface area (Å²) in [6.45, 7) is 2.95. The van der Waals surface area contributed by atoms with E-state index in [0.29, 0.717) is 11.3 Å². The molecule has 2 aromatic heterocycles. The molecule has 0 aliphatic heterocycles. The van der Waals surface area contributed by atoms with Gasteiger partial charge in [0, 0.05) is 24.6 Å². The number of sulfonamides is 1. The number of aryl methyl sites for hydroxylation is 1. The molecule has 0 saturated heterocycles. The molecule has 10 heteroatoms. The molecule has 0 atom stereocenters. The van der Waals surface area contributed by atoms with Crippen molar-refractivity contribution in [1.29, 1.82) is 0 Å². The van der Waals surface area contributed by atoms with Gasteiger partial charge in [0.25, 0.3) is 0 Å². The largest absolute Gasteiger partial charge is 0.497 e. The lowest BCUT2D eigenvalue weighted by Gasteiger charge is -2.10. The molecule has 0 spiro atoms. The van der Waals surface area contributed by atoms with Crippen LogP contribution in [0.5, 0.6) is 5.75 Å². The SMILES string of the molecule is CCCCn1c(CSc2nccn2-c2ccc(OC)cc2)nc2cc(S(N)(=O)=O)ccc21. The average molecular weight is 472 g/mol. The quantitative estimate of drug-likeness (QED) is 0.370. The number of hydrogen-bond acceptors (Lipinski definition) is 6. The molecule has 0 aliphatic carbocycles. The van der Waals surface area contributed by atoms with Gasteiger partial charge in [-0.15, -0.1) is 0 Å². The zero-order valence-corrected chi connectivity index (χ0v) is 19.6. The second kappa shape index (κ2) is 9.35. The van der Waals surface area contributed by atoms with Gasteiger partial charge in [-0.25, -0.2) is 23.5 Å². The highest BCUT2D eigenvalue weighted by Crippen LogP contribution is 2.28. The minimum Gasteiger partial charge on any atom is -0.497 e. The third kappa shape index (κ3) is 4.67. The molecule has 0 radical (unpaired) electrons. The molecular formula is C22H25N5O3S2. The number of benzene rings is 2. The van der Waals surface area contributed by atoms with Crippen molar-refractivity contribution >= 4 is 32.8 Å². The minimum absolute atomic E-state index is 0.0689. The van der Waals surface area contributed by atoms with Gasteiger partial charge in [0.05, 0.1) is 28.8 Å². The Hall–Kier alpha value is -2.82. The van der Waals surface area contributed by atoms with Crippen molar-refractivity contribution in [3.63, 3.8) is 0 Å². The highest BCUT2D eigenvalue weighted by molar-refractivity contribution is 7.98. The summed E-state index contributed by atoms with van der Waals surface area (Å²) in [5, 5.41) is 6.14. The fraction of sp³-hybridized carbons (Fsp3) is 0.273. The zero-order chi connectivity index (χ0) is 22.7. The Balaban J connectivity index is 1.63. The van der Waals surface area contributed by atoms with Gasteiger partial charge in [0.15, 0.2) is 5.16 Å². The fourth-order valence-corrected chi connectivity index (χ4v) is 4.93. The molecule has 0 unspecified atom stereocenters. The summed E-state index contributed by atoms with van der Waals surface area (Å²) in [7, 11) is -2.14. The molecule has 4 rings (SSSR count). The van der Waals surface area contributed by atoms with Crippen LogP contribution < -0.4 is 9.88 Å². The molecule has 0 bridgehead atoms. The number of aromatic nitrogens is 4. The lowest BCUT2D eigenvalue weighted by molar-refractivity contribution is 0.414. The van der Waals surface area contributed by atoms with Crippen molar-refractivity contribution in [2.45, 2.75) is 42.1 Å². The fourth-order valence-electron chi connectivity index (χ4n) is 3.48. The van der Waals surface area contributed by atoms with E-state index in [1.165, 1.54) is 6.07 Å². The Labute approximate surface area is 191 Å². The Morgan fingerprint density at radius 1 is 1.16 bits per heavy atom. The van der Waals surface area contributed by atoms with Crippen LogP contribution in [0.15, 0.2) is 64.9 Å². The number of fused-ring (bicyclic) bond motifs is 1. The van der Waals surface area contributed by atoms with Crippen molar-refractivity contribution in [3.05, 3.63) is 60.7 Å². The summed E-state index contributed by atoms with van der Waals surface area (Å²) < 4.78 is 32.9. The van der Waals surface area contributed by atoms with Crippen LogP contribution in [0.25, 0.3) is 16.7 Å². The van der Waals surface area contributed by atoms with Gasteiger partial charge in [0.1, 0.15) is 11.6 Å². The summed E-state index contributed by atoms with van der Waals surface area (Å²) in [5.74, 6) is 2.26. The Kier molecular flexibility index (Phi) is 6.54. The van der Waals surface area contributed by atoms with Gasteiger partial charge in [-0.2, -0.15) is 0 Å². The highest BCUT2D eigenvalue weighted by atomic mass is 32.2. The first-order valence-corrected chi connectivity index (χ1v) is 12.8. The van der Waals surface area contributed by atoms with E-state index in [9.17, 15) is 8.42 Å². The summed E-state index contributed by atoms with van der Waals surface area (Å²) in [6.07, 6.45) is 5.73. The third-order valence-electron chi connectivity index (χ3n) is 5.15. The Bertz CT molecular complexity index is 1330. The number of imidazole rings is 2. The molecule has 168 valence electrons. The maximum absolute atomic E-state index is 11.8. The number of nitrogens with two attached hydrogens (primary N) is 1. The van der Waals surface area contributed by atoms with Crippen LogP contribution in [0.1, 0.15) is 25.6 Å². The summed E-state index contributed by atoms with van der Waals surface area (Å²) in [6, 6.07) is 12.7. The predicted octanol–water partition coefficient (Wildman–Crippen LogP) is 3.97. The normalized spacial score (nSPS) is 11.8. The van der Waals surface area contributed by atoms with Gasteiger partial charge in [-0.1, -0.05) is 25.1 Å². The van der Waals surface area contributed by atoms with E-state index in [2.05, 4.69) is 16.5 Å². The summed E-state index contributed by atoms with van der Waals surface area (Å²) >= 11 is 1.58. The van der Waals surface area contributed by atoms with Gasteiger partial charge in [-0.3, -0.25) is 4.57 Å². The van der Waals surface area contributed by atoms with E-state index in [0.717, 1.165) is 47.3 Å². The van der Waals surface area contributed by atoms with Gasteiger partial charge < -0.3 is 9.30 Å². The van der Waals surface area contributed by atoms with Crippen molar-refractivity contribution in [2.75, 3.05) is 7.11 Å². The van der Waals surface area contributed by atoms with Crippen molar-refractivity contribution in [2.24, 2.45) is 5.14 Å². The molecule has 4 aromatic rings. The summed E-state index contributed by atoms with van der Waals surface area (Å²) in [5.41, 5.74) is 2.52. The third-order valence-corrected chi connectivity index (χ3v) is 7.02. The number of unbranched alkanes of at least 4 members (excludes halogenated alkanes) is 1.